The summed E-state index contributed by atoms with van der Waals surface area (Å²) in [7, 11) is 0. The first kappa shape index (κ1) is 21.3. The van der Waals surface area contributed by atoms with Gasteiger partial charge in [0.2, 0.25) is 0 Å². The van der Waals surface area contributed by atoms with Crippen LogP contribution in [0.15, 0.2) is 54.6 Å². The molecule has 2 aliphatic rings. The van der Waals surface area contributed by atoms with Crippen LogP contribution in [0.2, 0.25) is 0 Å². The average molecular weight is 460 g/mol. The zero-order chi connectivity index (χ0) is 23.0. The molecular formula is C21H19F3N6O3. The Kier molecular flexibility index (Phi) is 5.46. The lowest BCUT2D eigenvalue weighted by molar-refractivity contribution is -0.137. The molecule has 2 aliphatic heterocycles. The van der Waals surface area contributed by atoms with E-state index >= 15 is 0 Å². The molecule has 2 N–H and O–H groups in total. The Hall–Kier alpha value is -3.51. The number of fused-ring (bicyclic) bond motifs is 1. The van der Waals surface area contributed by atoms with Crippen LogP contribution in [0.3, 0.4) is 0 Å². The maximum atomic E-state index is 12.9. The van der Waals surface area contributed by atoms with E-state index in [4.69, 9.17) is 9.47 Å². The van der Waals surface area contributed by atoms with Crippen molar-refractivity contribution in [3.05, 3.63) is 60.2 Å². The number of urea groups is 1. The Morgan fingerprint density at radius 1 is 1.03 bits per heavy atom. The average Bonchev–Trinajstić information content (AvgIpc) is 3.51. The second-order valence-corrected chi connectivity index (χ2v) is 7.76. The largest absolute Gasteiger partial charge is 0.416 e. The fourth-order valence-electron chi connectivity index (χ4n) is 4.12. The van der Waals surface area contributed by atoms with Crippen LogP contribution in [-0.2, 0) is 15.7 Å². The van der Waals surface area contributed by atoms with Gasteiger partial charge in [0.25, 0.3) is 0 Å². The van der Waals surface area contributed by atoms with Gasteiger partial charge in [0.15, 0.2) is 5.82 Å². The van der Waals surface area contributed by atoms with E-state index in [0.717, 1.165) is 17.7 Å². The van der Waals surface area contributed by atoms with Crippen LogP contribution < -0.4 is 10.6 Å². The third-order valence-corrected chi connectivity index (χ3v) is 5.63. The summed E-state index contributed by atoms with van der Waals surface area (Å²) in [6.07, 6.45) is -5.34. The highest BCUT2D eigenvalue weighted by Gasteiger charge is 2.50. The molecule has 0 radical (unpaired) electrons. The van der Waals surface area contributed by atoms with E-state index in [1.54, 1.807) is 4.68 Å². The first-order valence-corrected chi connectivity index (χ1v) is 10.2. The van der Waals surface area contributed by atoms with Crippen molar-refractivity contribution in [1.82, 2.24) is 25.5 Å². The lowest BCUT2D eigenvalue weighted by atomic mass is 10.1. The SMILES string of the molecule is O=C(Nc1cccc(C(F)(F)F)c1)N[C@H]1CO[C@H]2[C@@H]1OC[C@@H]2n1nnnc1-c1ccccc1. The second-order valence-electron chi connectivity index (χ2n) is 7.76. The van der Waals surface area contributed by atoms with Crippen LogP contribution in [0.25, 0.3) is 11.4 Å². The monoisotopic (exact) mass is 460 g/mol. The van der Waals surface area contributed by atoms with Crippen LogP contribution in [-0.4, -0.2) is 57.7 Å². The van der Waals surface area contributed by atoms with Crippen LogP contribution in [0.5, 0.6) is 0 Å². The number of ether oxygens (including phenoxy) is 2. The number of rotatable bonds is 4. The van der Waals surface area contributed by atoms with Crippen molar-refractivity contribution in [2.24, 2.45) is 0 Å². The van der Waals surface area contributed by atoms with Crippen LogP contribution in [0, 0.1) is 0 Å². The first-order chi connectivity index (χ1) is 15.9. The van der Waals surface area contributed by atoms with Crippen molar-refractivity contribution in [3.8, 4) is 11.4 Å². The number of benzene rings is 2. The van der Waals surface area contributed by atoms with Gasteiger partial charge in [-0.15, -0.1) is 5.10 Å². The zero-order valence-electron chi connectivity index (χ0n) is 17.1. The number of nitrogens with one attached hydrogen (secondary N) is 2. The summed E-state index contributed by atoms with van der Waals surface area (Å²) >= 11 is 0. The van der Waals surface area contributed by atoms with Crippen LogP contribution >= 0.6 is 0 Å². The third kappa shape index (κ3) is 4.26. The number of anilines is 1. The summed E-state index contributed by atoms with van der Waals surface area (Å²) in [5.74, 6) is 0.576. The van der Waals surface area contributed by atoms with E-state index in [1.165, 1.54) is 12.1 Å². The molecule has 2 aromatic carbocycles. The Labute approximate surface area is 185 Å². The molecule has 1 aromatic heterocycles. The minimum Gasteiger partial charge on any atom is -0.371 e. The number of aromatic nitrogens is 4. The molecule has 4 atom stereocenters. The van der Waals surface area contributed by atoms with E-state index in [2.05, 4.69) is 26.2 Å². The van der Waals surface area contributed by atoms with Gasteiger partial charge < -0.3 is 20.1 Å². The Morgan fingerprint density at radius 2 is 1.82 bits per heavy atom. The highest BCUT2D eigenvalue weighted by atomic mass is 19.4. The van der Waals surface area contributed by atoms with E-state index < -0.39 is 36.0 Å². The minimum atomic E-state index is -4.50. The molecule has 2 saturated heterocycles. The van der Waals surface area contributed by atoms with E-state index in [-0.39, 0.29) is 24.9 Å². The van der Waals surface area contributed by atoms with Gasteiger partial charge >= 0.3 is 12.2 Å². The Morgan fingerprint density at radius 3 is 2.61 bits per heavy atom. The van der Waals surface area contributed by atoms with Gasteiger partial charge in [-0.3, -0.25) is 0 Å². The first-order valence-electron chi connectivity index (χ1n) is 10.2. The molecule has 0 aliphatic carbocycles. The maximum absolute atomic E-state index is 12.9. The lowest BCUT2D eigenvalue weighted by Gasteiger charge is -2.18. The minimum absolute atomic E-state index is 0.0317. The van der Waals surface area contributed by atoms with E-state index in [1.807, 2.05) is 30.3 Å². The van der Waals surface area contributed by atoms with Crippen molar-refractivity contribution in [1.29, 1.82) is 0 Å². The number of tetrazole rings is 1. The highest BCUT2D eigenvalue weighted by molar-refractivity contribution is 5.89. The predicted molar refractivity (Wildman–Crippen MR) is 109 cm³/mol. The fraction of sp³-hybridized carbons (Fsp3) is 0.333. The number of nitrogens with zero attached hydrogens (tertiary/aromatic N) is 4. The van der Waals surface area contributed by atoms with Gasteiger partial charge in [0.1, 0.15) is 18.2 Å². The molecule has 172 valence electrons. The number of halogens is 3. The molecule has 0 saturated carbocycles. The van der Waals surface area contributed by atoms with E-state index in [9.17, 15) is 18.0 Å². The molecule has 12 heteroatoms. The topological polar surface area (TPSA) is 103 Å². The Balaban J connectivity index is 1.25. The summed E-state index contributed by atoms with van der Waals surface area (Å²) in [5, 5.41) is 17.2. The number of hydrogen-bond donors (Lipinski definition) is 2. The molecule has 33 heavy (non-hydrogen) atoms. The third-order valence-electron chi connectivity index (χ3n) is 5.63. The summed E-state index contributed by atoms with van der Waals surface area (Å²) in [6, 6.07) is 12.5. The molecule has 3 heterocycles. The van der Waals surface area contributed by atoms with Crippen molar-refractivity contribution >= 4 is 11.7 Å². The molecule has 5 rings (SSSR count). The fourth-order valence-corrected chi connectivity index (χ4v) is 4.12. The molecule has 0 unspecified atom stereocenters. The standard InChI is InChI=1S/C21H19F3N6O3/c22-21(23,24)13-7-4-8-14(9-13)25-20(31)26-15-10-32-18-16(11-33-17(15)18)30-19(27-28-29-30)12-5-2-1-3-6-12/h1-9,15-18H,10-11H2,(H2,25,26,31)/t15-,16-,17+,18+/m0/s1. The van der Waals surface area contributed by atoms with Crippen molar-refractivity contribution in [3.63, 3.8) is 0 Å². The predicted octanol–water partition coefficient (Wildman–Crippen LogP) is 2.89. The van der Waals surface area contributed by atoms with Gasteiger partial charge in [-0.05, 0) is 28.6 Å². The Bertz CT molecular complexity index is 1140. The molecule has 2 amide bonds. The van der Waals surface area contributed by atoms with Gasteiger partial charge in [-0.1, -0.05) is 36.4 Å². The van der Waals surface area contributed by atoms with Crippen LogP contribution in [0.1, 0.15) is 11.6 Å². The van der Waals surface area contributed by atoms with Gasteiger partial charge in [0.05, 0.1) is 24.8 Å². The van der Waals surface area contributed by atoms with Crippen molar-refractivity contribution in [2.45, 2.75) is 30.5 Å². The maximum Gasteiger partial charge on any atom is 0.416 e. The number of carbonyl (C=O) groups is 1. The zero-order valence-corrected chi connectivity index (χ0v) is 17.1. The number of alkyl halides is 3. The number of amides is 2. The highest BCUT2D eigenvalue weighted by Crippen LogP contribution is 2.36. The molecule has 9 nitrogen and oxygen atoms in total. The molecule has 0 spiro atoms. The quantitative estimate of drug-likeness (QED) is 0.621. The van der Waals surface area contributed by atoms with Gasteiger partial charge in [-0.2, -0.15) is 13.2 Å². The summed E-state index contributed by atoms with van der Waals surface area (Å²) in [4.78, 5) is 12.4. The summed E-state index contributed by atoms with van der Waals surface area (Å²) < 4.78 is 52.1. The lowest BCUT2D eigenvalue weighted by Crippen LogP contribution is -2.45. The molecular weight excluding hydrogens is 441 g/mol. The second kappa shape index (κ2) is 8.45. The van der Waals surface area contributed by atoms with Gasteiger partial charge in [0, 0.05) is 11.3 Å². The van der Waals surface area contributed by atoms with Crippen molar-refractivity contribution < 1.29 is 27.4 Å². The van der Waals surface area contributed by atoms with E-state index in [0.29, 0.717) is 5.82 Å². The smallest absolute Gasteiger partial charge is 0.371 e. The van der Waals surface area contributed by atoms with Crippen LogP contribution in [0.4, 0.5) is 23.7 Å². The molecule has 2 fully saturated rings. The summed E-state index contributed by atoms with van der Waals surface area (Å²) in [5.41, 5.74) is 0.0329. The van der Waals surface area contributed by atoms with Gasteiger partial charge in [-0.25, -0.2) is 9.48 Å². The number of hydrogen-bond acceptors (Lipinski definition) is 6. The normalized spacial score (nSPS) is 24.5. The molecule has 0 bridgehead atoms. The summed E-state index contributed by atoms with van der Waals surface area (Å²) in [6.45, 7) is 0.471. The molecule has 3 aromatic rings. The van der Waals surface area contributed by atoms with Crippen molar-refractivity contribution in [2.75, 3.05) is 18.5 Å². The number of carbonyl (C=O) groups excluding carboxylic acids is 1.